The molecule has 1 saturated heterocycles. The van der Waals surface area contributed by atoms with Crippen LogP contribution in [0.2, 0.25) is 0 Å². The number of alkyl carbamates (subject to hydrolysis) is 1. The lowest BCUT2D eigenvalue weighted by atomic mass is 9.78. The number of hydrogen-bond acceptors (Lipinski definition) is 14. The molecule has 0 aromatic heterocycles. The molecule has 2 amide bonds. The van der Waals surface area contributed by atoms with Gasteiger partial charge < -0.3 is 54.5 Å². The second-order valence-corrected chi connectivity index (χ2v) is 17.4. The molecule has 4 heterocycles. The summed E-state index contributed by atoms with van der Waals surface area (Å²) in [7, 11) is 1.44. The Labute approximate surface area is 379 Å². The van der Waals surface area contributed by atoms with Crippen molar-refractivity contribution < 1.29 is 63.0 Å². The van der Waals surface area contributed by atoms with E-state index in [1.54, 1.807) is 44.7 Å². The zero-order chi connectivity index (χ0) is 47.3. The highest BCUT2D eigenvalue weighted by Gasteiger charge is 2.53. The third-order valence-corrected chi connectivity index (χ3v) is 13.0. The summed E-state index contributed by atoms with van der Waals surface area (Å²) in [5.74, 6) is -8.75. The Balaban J connectivity index is 1.38. The number of methoxy groups -OCH3 is 1. The van der Waals surface area contributed by atoms with Crippen molar-refractivity contribution in [1.82, 2.24) is 15.5 Å². The predicted molar refractivity (Wildman–Crippen MR) is 238 cm³/mol. The number of amides is 2. The summed E-state index contributed by atoms with van der Waals surface area (Å²) in [5, 5.41) is 40.3. The molecule has 1 aliphatic carbocycles. The van der Waals surface area contributed by atoms with Gasteiger partial charge >= 0.3 is 11.9 Å². The molecule has 0 spiro atoms. The number of aromatic hydroxyl groups is 1. The third-order valence-electron chi connectivity index (χ3n) is 13.0. The van der Waals surface area contributed by atoms with Gasteiger partial charge in [-0.25, -0.2) is 4.79 Å². The van der Waals surface area contributed by atoms with Crippen LogP contribution in [0.3, 0.4) is 0 Å². The van der Waals surface area contributed by atoms with Crippen LogP contribution in [0, 0.1) is 30.6 Å². The summed E-state index contributed by atoms with van der Waals surface area (Å²) >= 11 is 0. The van der Waals surface area contributed by atoms with Crippen molar-refractivity contribution in [3.05, 3.63) is 106 Å². The lowest BCUT2D eigenvalue weighted by Gasteiger charge is -2.38. The highest BCUT2D eigenvalue weighted by molar-refractivity contribution is 6.32. The van der Waals surface area contributed by atoms with E-state index < -0.39 is 94.5 Å². The molecule has 350 valence electrons. The highest BCUT2D eigenvalue weighted by Crippen LogP contribution is 2.49. The highest BCUT2D eigenvalue weighted by atomic mass is 16.7. The second kappa shape index (κ2) is 20.6. The maximum Gasteiger partial charge on any atom is 0.407 e. The number of morpholine rings is 1. The fourth-order valence-corrected chi connectivity index (χ4v) is 8.87. The molecule has 5 aliphatic rings. The molecule has 2 aromatic rings. The van der Waals surface area contributed by atoms with E-state index >= 15 is 0 Å². The minimum atomic E-state index is -2.10. The fraction of sp³-hybridized carbons (Fsp3) is 0.490. The summed E-state index contributed by atoms with van der Waals surface area (Å²) in [6.07, 6.45) is 3.93. The molecule has 0 saturated carbocycles. The van der Waals surface area contributed by atoms with Crippen molar-refractivity contribution in [3.63, 3.8) is 0 Å². The van der Waals surface area contributed by atoms with E-state index in [4.69, 9.17) is 23.7 Å². The lowest BCUT2D eigenvalue weighted by molar-refractivity contribution is -0.116. The molecule has 9 atom stereocenters. The van der Waals surface area contributed by atoms with Crippen LogP contribution in [-0.2, 0) is 30.2 Å². The first-order valence-electron chi connectivity index (χ1n) is 22.1. The third kappa shape index (κ3) is 10.1. The number of nitrogens with one attached hydrogen (secondary N) is 2. The number of nitrogens with zero attached hydrogens (tertiary/aromatic N) is 1. The van der Waals surface area contributed by atoms with Crippen molar-refractivity contribution in [3.8, 4) is 11.5 Å². The van der Waals surface area contributed by atoms with Gasteiger partial charge in [0.2, 0.25) is 11.6 Å². The summed E-state index contributed by atoms with van der Waals surface area (Å²) in [5.41, 5.74) is -0.380. The maximum absolute atomic E-state index is 14.8. The number of fused-ring (bicyclic) bond motifs is 14. The van der Waals surface area contributed by atoms with Crippen molar-refractivity contribution in [2.45, 2.75) is 91.5 Å². The van der Waals surface area contributed by atoms with Crippen LogP contribution < -0.4 is 15.4 Å². The molecule has 16 heteroatoms. The van der Waals surface area contributed by atoms with E-state index in [0.717, 1.165) is 12.0 Å². The molecular weight excluding hydrogens is 839 g/mol. The topological polar surface area (TPSA) is 219 Å². The first kappa shape index (κ1) is 48.6. The number of hydrogen-bond donors (Lipinski definition) is 5. The zero-order valence-corrected chi connectivity index (χ0v) is 38.2. The van der Waals surface area contributed by atoms with Gasteiger partial charge in [0.25, 0.3) is 11.7 Å². The van der Waals surface area contributed by atoms with E-state index in [1.165, 1.54) is 46.3 Å². The maximum atomic E-state index is 14.8. The Hall–Kier alpha value is -5.81. The number of allylic oxidation sites excluding steroid dienone is 4. The molecule has 2 aromatic carbocycles. The number of aliphatic hydroxyl groups is 2. The van der Waals surface area contributed by atoms with Crippen molar-refractivity contribution in [2.75, 3.05) is 40.0 Å². The number of Topliss-reactive ketones (excluding diaryl/α,β-unsaturated/α-hetero) is 3. The monoisotopic (exact) mass is 899 g/mol. The average Bonchev–Trinajstić information content (AvgIpc) is 3.56. The SMILES string of the molecule is CO[C@H]1C=CO[C@@]2(C)Oc3c(C)c(O)c4c(c3C2=O)C(=O)C(N2CCOCC2)=C(NC(=O)C(C)=CC=C[C@H](C)[C@H](O)[C@@H](C)[C@@H](O)[C@@H](C)[C@H](OC(=O)NCCCc2ccccc2)[C@@H]1C)C4=O. The van der Waals surface area contributed by atoms with Gasteiger partial charge in [-0.2, -0.15) is 0 Å². The first-order valence-corrected chi connectivity index (χ1v) is 22.1. The minimum absolute atomic E-state index is 0.00315. The first-order chi connectivity index (χ1) is 30.9. The number of benzene rings is 2. The van der Waals surface area contributed by atoms with Gasteiger partial charge in [0.1, 0.15) is 29.0 Å². The lowest BCUT2D eigenvalue weighted by Crippen LogP contribution is -2.47. The Bertz CT molecular complexity index is 2280. The van der Waals surface area contributed by atoms with Gasteiger partial charge in [-0.15, -0.1) is 0 Å². The molecule has 0 unspecified atom stereocenters. The van der Waals surface area contributed by atoms with Crippen molar-refractivity contribution in [1.29, 1.82) is 0 Å². The van der Waals surface area contributed by atoms with Gasteiger partial charge in [0.05, 0.1) is 54.5 Å². The predicted octanol–water partition coefficient (Wildman–Crippen LogP) is 5.09. The smallest absolute Gasteiger partial charge is 0.407 e. The molecule has 1 fully saturated rings. The Morgan fingerprint density at radius 1 is 0.923 bits per heavy atom. The van der Waals surface area contributed by atoms with Gasteiger partial charge in [0.15, 0.2) is 0 Å². The number of carbonyl (C=O) groups is 5. The normalized spacial score (nSPS) is 29.0. The van der Waals surface area contributed by atoms with Crippen LogP contribution in [0.5, 0.6) is 11.5 Å². The summed E-state index contributed by atoms with van der Waals surface area (Å²) in [6.45, 7) is 12.3. The molecular formula is C49H61N3O13. The van der Waals surface area contributed by atoms with Crippen LogP contribution in [0.15, 0.2) is 77.9 Å². The molecule has 16 nitrogen and oxygen atoms in total. The Morgan fingerprint density at radius 3 is 2.29 bits per heavy atom. The molecule has 5 N–H and O–H groups in total. The summed E-state index contributed by atoms with van der Waals surface area (Å²) in [4.78, 5) is 72.6. The van der Waals surface area contributed by atoms with Crippen LogP contribution in [0.4, 0.5) is 4.79 Å². The van der Waals surface area contributed by atoms with Crippen LogP contribution in [-0.4, -0.2) is 120 Å². The van der Waals surface area contributed by atoms with E-state index in [-0.39, 0.29) is 65.7 Å². The van der Waals surface area contributed by atoms with Gasteiger partial charge in [0, 0.05) is 68.5 Å². The Morgan fingerprint density at radius 2 is 1.62 bits per heavy atom. The number of rotatable bonds is 7. The number of aliphatic hydroxyl groups excluding tert-OH is 2. The quantitative estimate of drug-likeness (QED) is 0.229. The van der Waals surface area contributed by atoms with Crippen LogP contribution in [0.25, 0.3) is 0 Å². The number of ether oxygens (including phenoxy) is 5. The van der Waals surface area contributed by atoms with Gasteiger partial charge in [-0.3, -0.25) is 19.2 Å². The largest absolute Gasteiger partial charge is 0.507 e. The molecule has 7 rings (SSSR count). The molecule has 5 bridgehead atoms. The molecule has 0 radical (unpaired) electrons. The van der Waals surface area contributed by atoms with E-state index in [1.807, 2.05) is 30.3 Å². The van der Waals surface area contributed by atoms with Crippen LogP contribution in [0.1, 0.15) is 90.2 Å². The molecule has 4 aliphatic heterocycles. The van der Waals surface area contributed by atoms with E-state index in [2.05, 4.69) is 10.6 Å². The number of ketones is 3. The molecule has 65 heavy (non-hydrogen) atoms. The standard InChI is InChI=1S/C49H61N3O13/c1-26-14-12-15-27(2)47(59)51-37-38(52-21-24-62-25-22-52)43(57)34-35(42(37)56)41(55)31(6)45-36(34)46(58)49(7,65-45)63-23-19-33(61-8)28(3)44(30(5)40(54)29(4)39(26)53)64-48(60)50-20-13-18-32-16-10-9-11-17-32/h9-12,14-17,19,23,26,28-30,33,39-40,44,53-55H,13,18,20-22,24-25H2,1-8H3,(H,50,60)(H,51,59)/t26-,28+,29+,30+,33-,39-,40+,44+,49-/m0/s1. The second-order valence-electron chi connectivity index (χ2n) is 17.4. The average molecular weight is 900 g/mol. The van der Waals surface area contributed by atoms with E-state index in [9.17, 15) is 39.3 Å². The number of carbonyl (C=O) groups excluding carboxylic acids is 5. The Kier molecular flexibility index (Phi) is 15.4. The number of phenols is 1. The number of aryl methyl sites for hydroxylation is 1. The summed E-state index contributed by atoms with van der Waals surface area (Å²) < 4.78 is 29.6. The zero-order valence-electron chi connectivity index (χ0n) is 38.2. The fourth-order valence-electron chi connectivity index (χ4n) is 8.87. The van der Waals surface area contributed by atoms with Crippen molar-refractivity contribution in [2.24, 2.45) is 23.7 Å². The van der Waals surface area contributed by atoms with E-state index in [0.29, 0.717) is 13.0 Å². The number of phenolic OH excluding ortho intramolecular Hbond substituents is 1. The van der Waals surface area contributed by atoms with Crippen LogP contribution >= 0.6 is 0 Å². The van der Waals surface area contributed by atoms with Crippen molar-refractivity contribution >= 4 is 29.4 Å². The van der Waals surface area contributed by atoms with Gasteiger partial charge in [-0.1, -0.05) is 76.3 Å². The van der Waals surface area contributed by atoms with Gasteiger partial charge in [-0.05, 0) is 38.3 Å². The minimum Gasteiger partial charge on any atom is -0.507 e. The summed E-state index contributed by atoms with van der Waals surface area (Å²) in [6, 6.07) is 9.85.